The van der Waals surface area contributed by atoms with Crippen LogP contribution in [0.4, 0.5) is 15.0 Å². The number of hydrogen-bond acceptors (Lipinski definition) is 7. The zero-order valence-corrected chi connectivity index (χ0v) is 16.8. The molecule has 1 aromatic heterocycles. The van der Waals surface area contributed by atoms with Crippen LogP contribution in [-0.4, -0.2) is 59.8 Å². The van der Waals surface area contributed by atoms with Gasteiger partial charge in [0.15, 0.2) is 17.2 Å². The van der Waals surface area contributed by atoms with E-state index in [1.807, 2.05) is 0 Å². The summed E-state index contributed by atoms with van der Waals surface area (Å²) in [6, 6.07) is 10.5. The van der Waals surface area contributed by atoms with Crippen molar-refractivity contribution in [1.82, 2.24) is 10.1 Å². The maximum Gasteiger partial charge on any atom is 0.511 e. The number of anilines is 1. The summed E-state index contributed by atoms with van der Waals surface area (Å²) in [6.07, 6.45) is -0.203. The van der Waals surface area contributed by atoms with E-state index in [0.717, 1.165) is 50.3 Å². The van der Waals surface area contributed by atoms with Gasteiger partial charge in [-0.1, -0.05) is 5.16 Å². The minimum Gasteiger partial charge on any atom is -0.449 e. The Morgan fingerprint density at radius 2 is 1.84 bits per heavy atom. The highest BCUT2D eigenvalue weighted by Crippen LogP contribution is 2.30. The third kappa shape index (κ3) is 5.00. The molecule has 8 nitrogen and oxygen atoms in total. The number of aromatic nitrogens is 1. The summed E-state index contributed by atoms with van der Waals surface area (Å²) in [7, 11) is 0. The molecule has 0 radical (unpaired) electrons. The van der Waals surface area contributed by atoms with E-state index in [4.69, 9.17) is 9.63 Å². The number of ether oxygens (including phenoxy) is 1. The monoisotopic (exact) mass is 427 g/mol. The van der Waals surface area contributed by atoms with Gasteiger partial charge in [0.25, 0.3) is 0 Å². The van der Waals surface area contributed by atoms with Crippen molar-refractivity contribution < 1.29 is 28.3 Å². The molecule has 0 bridgehead atoms. The fourth-order valence-electron chi connectivity index (χ4n) is 3.72. The molecule has 0 atom stereocenters. The first kappa shape index (κ1) is 20.8. The highest BCUT2D eigenvalue weighted by Gasteiger charge is 2.22. The smallest absolute Gasteiger partial charge is 0.449 e. The number of halogens is 1. The van der Waals surface area contributed by atoms with Crippen molar-refractivity contribution in [3.63, 3.8) is 0 Å². The Morgan fingerprint density at radius 1 is 1.10 bits per heavy atom. The van der Waals surface area contributed by atoms with Gasteiger partial charge in [0.2, 0.25) is 0 Å². The predicted molar refractivity (Wildman–Crippen MR) is 111 cm³/mol. The molecule has 0 unspecified atom stereocenters. The fraction of sp³-hybridized carbons (Fsp3) is 0.318. The maximum atomic E-state index is 13.0. The SMILES string of the molecule is O=C(O)Oc1ccc2c(N3CCN(CCCC(=O)c4ccc(F)cc4)CC3)noc2c1. The molecule has 1 fully saturated rings. The van der Waals surface area contributed by atoms with Gasteiger partial charge in [0, 0.05) is 44.2 Å². The third-order valence-corrected chi connectivity index (χ3v) is 5.35. The van der Waals surface area contributed by atoms with Crippen LogP contribution in [0.3, 0.4) is 0 Å². The first-order valence-electron chi connectivity index (χ1n) is 10.1. The standard InChI is InChI=1S/C22H22FN3O5/c23-16-5-3-15(4-6-16)19(27)2-1-9-25-10-12-26(13-11-25)21-18-8-7-17(30-22(28)29)14-20(18)31-24-21/h3-8,14H,1-2,9-13H2,(H,28,29). The zero-order valence-electron chi connectivity index (χ0n) is 16.8. The van der Waals surface area contributed by atoms with Crippen molar-refractivity contribution in [2.24, 2.45) is 0 Å². The molecule has 162 valence electrons. The van der Waals surface area contributed by atoms with Crippen LogP contribution < -0.4 is 9.64 Å². The molecule has 31 heavy (non-hydrogen) atoms. The molecule has 1 saturated heterocycles. The molecule has 0 saturated carbocycles. The van der Waals surface area contributed by atoms with E-state index in [-0.39, 0.29) is 17.3 Å². The number of nitrogens with zero attached hydrogens (tertiary/aromatic N) is 3. The van der Waals surface area contributed by atoms with Crippen LogP contribution in [0, 0.1) is 5.82 Å². The Morgan fingerprint density at radius 3 is 2.55 bits per heavy atom. The minimum atomic E-state index is -1.38. The van der Waals surface area contributed by atoms with E-state index in [1.165, 1.54) is 30.3 Å². The summed E-state index contributed by atoms with van der Waals surface area (Å²) in [6.45, 7) is 4.01. The molecule has 2 heterocycles. The number of carboxylic acid groups (broad SMARTS) is 1. The normalized spacial score (nSPS) is 14.7. The summed E-state index contributed by atoms with van der Waals surface area (Å²) in [5.41, 5.74) is 1.01. The zero-order chi connectivity index (χ0) is 21.8. The van der Waals surface area contributed by atoms with Gasteiger partial charge < -0.3 is 19.3 Å². The van der Waals surface area contributed by atoms with Crippen molar-refractivity contribution in [2.75, 3.05) is 37.6 Å². The summed E-state index contributed by atoms with van der Waals surface area (Å²) in [4.78, 5) is 27.3. The van der Waals surface area contributed by atoms with E-state index >= 15 is 0 Å². The van der Waals surface area contributed by atoms with Crippen molar-refractivity contribution in [1.29, 1.82) is 0 Å². The Hall–Kier alpha value is -3.46. The number of Topliss-reactive ketones (excluding diaryl/α,β-unsaturated/α-hetero) is 1. The highest BCUT2D eigenvalue weighted by molar-refractivity contribution is 5.96. The molecule has 1 aliphatic rings. The topological polar surface area (TPSA) is 96.1 Å². The molecule has 0 aliphatic carbocycles. The number of hydrogen-bond donors (Lipinski definition) is 1. The number of ketones is 1. The third-order valence-electron chi connectivity index (χ3n) is 5.35. The Bertz CT molecular complexity index is 1070. The van der Waals surface area contributed by atoms with Gasteiger partial charge in [0.1, 0.15) is 11.6 Å². The van der Waals surface area contributed by atoms with E-state index in [2.05, 4.69) is 19.7 Å². The van der Waals surface area contributed by atoms with Crippen LogP contribution in [0.2, 0.25) is 0 Å². The van der Waals surface area contributed by atoms with Crippen LogP contribution in [0.1, 0.15) is 23.2 Å². The molecule has 1 N–H and O–H groups in total. The second kappa shape index (κ2) is 9.13. The number of fused-ring (bicyclic) bond motifs is 1. The van der Waals surface area contributed by atoms with Gasteiger partial charge in [-0.15, -0.1) is 0 Å². The number of rotatable bonds is 7. The van der Waals surface area contributed by atoms with E-state index in [0.29, 0.717) is 17.6 Å². The van der Waals surface area contributed by atoms with E-state index in [1.54, 1.807) is 12.1 Å². The lowest BCUT2D eigenvalue weighted by Crippen LogP contribution is -2.46. The van der Waals surface area contributed by atoms with E-state index in [9.17, 15) is 14.0 Å². The minimum absolute atomic E-state index is 0.0268. The molecule has 1 aliphatic heterocycles. The predicted octanol–water partition coefficient (Wildman–Crippen LogP) is 3.81. The summed E-state index contributed by atoms with van der Waals surface area (Å²) in [5.74, 6) is 0.591. The number of carbonyl (C=O) groups is 2. The maximum absolute atomic E-state index is 13.0. The molecule has 3 aromatic rings. The molecule has 0 amide bonds. The molecule has 4 rings (SSSR count). The summed E-state index contributed by atoms with van der Waals surface area (Å²) < 4.78 is 23.0. The molecule has 9 heteroatoms. The lowest BCUT2D eigenvalue weighted by atomic mass is 10.1. The lowest BCUT2D eigenvalue weighted by Gasteiger charge is -2.34. The number of piperazine rings is 1. The van der Waals surface area contributed by atoms with Crippen LogP contribution in [-0.2, 0) is 0 Å². The number of benzene rings is 2. The van der Waals surface area contributed by atoms with Crippen molar-refractivity contribution in [2.45, 2.75) is 12.8 Å². The molecule has 2 aromatic carbocycles. The number of carbonyl (C=O) groups excluding carboxylic acids is 1. The average molecular weight is 427 g/mol. The van der Waals surface area contributed by atoms with Crippen LogP contribution in [0.15, 0.2) is 47.0 Å². The summed E-state index contributed by atoms with van der Waals surface area (Å²) >= 11 is 0. The molecular formula is C22H22FN3O5. The van der Waals surface area contributed by atoms with Gasteiger partial charge in [-0.3, -0.25) is 9.69 Å². The lowest BCUT2D eigenvalue weighted by molar-refractivity contribution is 0.0974. The van der Waals surface area contributed by atoms with Gasteiger partial charge in [-0.2, -0.15) is 0 Å². The first-order chi connectivity index (χ1) is 15.0. The largest absolute Gasteiger partial charge is 0.511 e. The van der Waals surface area contributed by atoms with Crippen molar-refractivity contribution in [3.8, 4) is 5.75 Å². The quantitative estimate of drug-likeness (QED) is 0.346. The van der Waals surface area contributed by atoms with Gasteiger partial charge in [-0.05, 0) is 49.4 Å². The van der Waals surface area contributed by atoms with E-state index < -0.39 is 6.16 Å². The molecule has 0 spiro atoms. The van der Waals surface area contributed by atoms with Gasteiger partial charge in [-0.25, -0.2) is 9.18 Å². The Balaban J connectivity index is 1.27. The Kier molecular flexibility index (Phi) is 6.13. The molecular weight excluding hydrogens is 405 g/mol. The Labute approximate surface area is 177 Å². The second-order valence-electron chi connectivity index (χ2n) is 7.39. The fourth-order valence-corrected chi connectivity index (χ4v) is 3.72. The van der Waals surface area contributed by atoms with Crippen LogP contribution >= 0.6 is 0 Å². The highest BCUT2D eigenvalue weighted by atomic mass is 19.1. The van der Waals surface area contributed by atoms with Gasteiger partial charge >= 0.3 is 6.16 Å². The second-order valence-corrected chi connectivity index (χ2v) is 7.39. The van der Waals surface area contributed by atoms with Crippen molar-refractivity contribution >= 4 is 28.7 Å². The first-order valence-corrected chi connectivity index (χ1v) is 10.1. The van der Waals surface area contributed by atoms with Crippen LogP contribution in [0.25, 0.3) is 11.0 Å². The van der Waals surface area contributed by atoms with Crippen molar-refractivity contribution in [3.05, 3.63) is 53.8 Å². The van der Waals surface area contributed by atoms with Crippen LogP contribution in [0.5, 0.6) is 5.75 Å². The van der Waals surface area contributed by atoms with Gasteiger partial charge in [0.05, 0.1) is 5.39 Å². The average Bonchev–Trinajstić information content (AvgIpc) is 3.17. The summed E-state index contributed by atoms with van der Waals surface area (Å²) in [5, 5.41) is 13.7.